The lowest BCUT2D eigenvalue weighted by atomic mass is 9.75. The first-order chi connectivity index (χ1) is 42.2. The molecule has 2 aromatic carbocycles. The maximum Gasteiger partial charge on any atom is 0.411 e. The highest BCUT2D eigenvalue weighted by molar-refractivity contribution is 14.1. The van der Waals surface area contributed by atoms with Gasteiger partial charge in [0, 0.05) is 48.9 Å². The molecular weight excluding hydrogens is 1320 g/mol. The Balaban J connectivity index is 1.03. The number of rotatable bonds is 22. The van der Waals surface area contributed by atoms with Crippen molar-refractivity contribution in [3.05, 3.63) is 80.1 Å². The van der Waals surface area contributed by atoms with Crippen molar-refractivity contribution in [1.82, 2.24) is 16.1 Å². The monoisotopic (exact) mass is 1400 g/mol. The number of hydroxylamine groups is 1. The number of benzene rings is 2. The molecule has 8 rings (SSSR count). The van der Waals surface area contributed by atoms with Crippen molar-refractivity contribution in [3.63, 3.8) is 0 Å². The highest BCUT2D eigenvalue weighted by Crippen LogP contribution is 2.49. The second-order valence-corrected chi connectivity index (χ2v) is 25.9. The normalized spacial score (nSPS) is 34.8. The van der Waals surface area contributed by atoms with E-state index in [9.17, 15) is 39.9 Å². The van der Waals surface area contributed by atoms with Crippen LogP contribution in [0.4, 0.5) is 4.79 Å². The molecule has 2 aliphatic carbocycles. The highest BCUT2D eigenvalue weighted by atomic mass is 127. The molecule has 1 amide bonds. The SMILES string of the molecule is CCN[C@H]1CO[C@@H](O[C@H]2[C@H](O[C@H]3C#C/C=C\C#C[C@]4(O)CC(=O)C(NC(=O)OC)=C3/C4=C\CSSc3ccccc3)O[C@H](C)[C@@H](NO[C@H]3C[C@H](O)[C@H](SC(=O)c4c(C)c(I)c(O[C@@H]5O[C@@H](C)[C@H](O)[C@@H](OC)[C@H]5O)c(OC)c4OC)[C@@H](C)O3)[C@@H]2O)C[C@@H]1OC. The zero-order chi connectivity index (χ0) is 63.6. The number of thioether (sulfide) groups is 1. The molecule has 4 heterocycles. The van der Waals surface area contributed by atoms with Gasteiger partial charge in [-0.1, -0.05) is 88.2 Å². The maximum absolute atomic E-state index is 14.5. The number of methoxy groups -OCH3 is 5. The van der Waals surface area contributed by atoms with Gasteiger partial charge >= 0.3 is 6.09 Å². The first-order valence-electron chi connectivity index (χ1n) is 28.4. The molecule has 19 atom stereocenters. The minimum Gasteiger partial charge on any atom is -0.492 e. The van der Waals surface area contributed by atoms with Gasteiger partial charge in [0.05, 0.1) is 97.0 Å². The molecule has 8 N–H and O–H groups in total. The largest absolute Gasteiger partial charge is 0.492 e. The summed E-state index contributed by atoms with van der Waals surface area (Å²) in [6, 6.07) is 8.36. The predicted octanol–water partition coefficient (Wildman–Crippen LogP) is 3.98. The number of nitrogens with one attached hydrogen (secondary N) is 3. The average molecular weight is 1400 g/mol. The molecule has 2 aromatic rings. The molecule has 0 unspecified atom stereocenters. The van der Waals surface area contributed by atoms with E-state index in [1.807, 2.05) is 59.8 Å². The van der Waals surface area contributed by atoms with Crippen LogP contribution in [0.3, 0.4) is 0 Å². The lowest BCUT2D eigenvalue weighted by Crippen LogP contribution is -2.65. The van der Waals surface area contributed by atoms with Crippen molar-refractivity contribution in [3.8, 4) is 40.9 Å². The van der Waals surface area contributed by atoms with Gasteiger partial charge in [-0.15, -0.1) is 0 Å². The van der Waals surface area contributed by atoms with Crippen molar-refractivity contribution in [1.29, 1.82) is 0 Å². The standard InChI is InChI=1S/C60H76IN3O21S3/c1-11-62-35-28-78-40(26-39(35)73-6)83-53-48(68)45(30(3)80-58(53)82-38-21-17-12-13-18-23-60(72)27-37(66)46(63-59(71)77-10)43(38)34(60)22-24-86-88-33-19-15-14-16-20-33)64-85-41-25-36(65)55(32(5)79-41)87-56(70)42-29(2)44(61)51(54(76-9)50(42)74-7)84-57-49(69)52(75-8)47(67)31(4)81-57/h12-16,19-20,22,30-32,35-36,38-41,45,47-49,52-53,55,57-58,62,64-65,67-69,72H,11,24-28H2,1-10H3,(H,63,71)/b13-12-,34-22+/t30-,31+,32-,35+,36+,38+,39+,40+,41+,45-,47+,48+,49-,52-,53-,55-,57+,58+,60+/m1/s1. The van der Waals surface area contributed by atoms with Crippen LogP contribution in [-0.2, 0) is 52.3 Å². The number of fused-ring (bicyclic) bond motifs is 2. The Morgan fingerprint density at radius 1 is 0.852 bits per heavy atom. The molecule has 4 fully saturated rings. The van der Waals surface area contributed by atoms with Crippen molar-refractivity contribution in [2.75, 3.05) is 54.5 Å². The number of likely N-dealkylation sites (N-methyl/N-ethyl adjacent to an activating group) is 1. The van der Waals surface area contributed by atoms with Gasteiger partial charge in [-0.25, -0.2) is 4.79 Å². The van der Waals surface area contributed by atoms with Gasteiger partial charge < -0.3 is 87.7 Å². The Hall–Kier alpha value is -4.07. The van der Waals surface area contributed by atoms with Crippen LogP contribution in [0.2, 0.25) is 0 Å². The van der Waals surface area contributed by atoms with E-state index < -0.39 is 127 Å². The Labute approximate surface area is 536 Å². The summed E-state index contributed by atoms with van der Waals surface area (Å²) in [4.78, 5) is 48.8. The molecule has 24 nitrogen and oxygen atoms in total. The number of aliphatic hydroxyl groups is 5. The fraction of sp³-hybridized carbons (Fsp3) is 0.583. The lowest BCUT2D eigenvalue weighted by Gasteiger charge is -2.46. The van der Waals surface area contributed by atoms with Gasteiger partial charge in [0.15, 0.2) is 41.8 Å². The number of ketones is 1. The summed E-state index contributed by atoms with van der Waals surface area (Å²) in [6.07, 6.45) is -13.9. The quantitative estimate of drug-likeness (QED) is 0.0272. The van der Waals surface area contributed by atoms with Crippen molar-refractivity contribution >= 4 is 72.9 Å². The Kier molecular flexibility index (Phi) is 25.4. The van der Waals surface area contributed by atoms with Crippen molar-refractivity contribution in [2.24, 2.45) is 0 Å². The third-order valence-corrected chi connectivity index (χ3v) is 20.5. The smallest absolute Gasteiger partial charge is 0.411 e. The third-order valence-electron chi connectivity index (χ3n) is 15.5. The fourth-order valence-electron chi connectivity index (χ4n) is 11.0. The number of ether oxygens (including phenoxy) is 12. The number of halogens is 1. The van der Waals surface area contributed by atoms with Crippen LogP contribution < -0.4 is 30.3 Å². The number of alkyl carbamates (subject to hydrolysis) is 1. The number of hydrogen-bond acceptors (Lipinski definition) is 26. The molecule has 0 spiro atoms. The summed E-state index contributed by atoms with van der Waals surface area (Å²) < 4.78 is 72.8. The van der Waals surface area contributed by atoms with E-state index in [1.54, 1.807) is 40.9 Å². The number of aliphatic hydroxyl groups excluding tert-OH is 4. The Bertz CT molecular complexity index is 3000. The Morgan fingerprint density at radius 2 is 1.58 bits per heavy atom. The molecule has 2 bridgehead atoms. The summed E-state index contributed by atoms with van der Waals surface area (Å²) in [5.74, 6) is 11.3. The van der Waals surface area contributed by atoms with Gasteiger partial charge in [0.2, 0.25) is 17.2 Å². The van der Waals surface area contributed by atoms with E-state index in [1.165, 1.54) is 55.1 Å². The summed E-state index contributed by atoms with van der Waals surface area (Å²) >= 11 is 2.83. The first-order valence-corrected chi connectivity index (χ1v) is 32.7. The number of hydrogen-bond donors (Lipinski definition) is 8. The van der Waals surface area contributed by atoms with Crippen LogP contribution in [0.25, 0.3) is 0 Å². The number of carbonyl (C=O) groups is 3. The molecule has 0 aromatic heterocycles. The molecule has 0 radical (unpaired) electrons. The average Bonchev–Trinajstić information content (AvgIpc) is 2.97. The second-order valence-electron chi connectivity index (χ2n) is 21.2. The fourth-order valence-corrected chi connectivity index (χ4v) is 14.6. The summed E-state index contributed by atoms with van der Waals surface area (Å²) in [7, 11) is 9.73. The summed E-state index contributed by atoms with van der Waals surface area (Å²) in [5.41, 5.74) is 1.23. The number of allylic oxidation sites excluding steroid dienone is 3. The molecule has 482 valence electrons. The minimum atomic E-state index is -2.09. The topological polar surface area (TPSA) is 308 Å². The zero-order valence-corrected chi connectivity index (χ0v) is 54.7. The first kappa shape index (κ1) is 69.8. The van der Waals surface area contributed by atoms with Gasteiger partial charge in [-0.3, -0.25) is 19.7 Å². The van der Waals surface area contributed by atoms with Crippen molar-refractivity contribution in [2.45, 2.75) is 174 Å². The van der Waals surface area contributed by atoms with Crippen LogP contribution in [0.1, 0.15) is 62.9 Å². The molecule has 0 saturated carbocycles. The van der Waals surface area contributed by atoms with Crippen LogP contribution in [0.15, 0.2) is 70.3 Å². The van der Waals surface area contributed by atoms with Gasteiger partial charge in [0.1, 0.15) is 36.6 Å². The predicted molar refractivity (Wildman–Crippen MR) is 331 cm³/mol. The van der Waals surface area contributed by atoms with E-state index in [4.69, 9.17) is 61.7 Å². The maximum atomic E-state index is 14.5. The highest BCUT2D eigenvalue weighted by Gasteiger charge is 2.52. The molecule has 6 aliphatic rings. The Morgan fingerprint density at radius 3 is 2.26 bits per heavy atom. The van der Waals surface area contributed by atoms with E-state index in [2.05, 4.69) is 39.8 Å². The molecule has 88 heavy (non-hydrogen) atoms. The molecule has 28 heteroatoms. The van der Waals surface area contributed by atoms with Gasteiger partial charge in [0.25, 0.3) is 0 Å². The second kappa shape index (κ2) is 32.0. The van der Waals surface area contributed by atoms with E-state index in [0.717, 1.165) is 23.8 Å². The van der Waals surface area contributed by atoms with Crippen LogP contribution in [-0.4, -0.2) is 212 Å². The molecule has 4 aliphatic heterocycles. The lowest BCUT2D eigenvalue weighted by molar-refractivity contribution is -0.336. The van der Waals surface area contributed by atoms with Crippen molar-refractivity contribution < 1.29 is 102 Å². The van der Waals surface area contributed by atoms with E-state index in [-0.39, 0.29) is 77.0 Å². The van der Waals surface area contributed by atoms with E-state index in [0.29, 0.717) is 15.7 Å². The summed E-state index contributed by atoms with van der Waals surface area (Å²) in [5, 5.41) is 63.0. The summed E-state index contributed by atoms with van der Waals surface area (Å²) in [6.45, 7) is 9.40. The van der Waals surface area contributed by atoms with Gasteiger partial charge in [-0.05, 0) is 86.7 Å². The van der Waals surface area contributed by atoms with Gasteiger partial charge in [-0.2, -0.15) is 5.48 Å². The minimum absolute atomic E-state index is 0.0248. The molecule has 4 saturated heterocycles. The zero-order valence-electron chi connectivity index (χ0n) is 50.1. The van der Waals surface area contributed by atoms with E-state index >= 15 is 0 Å². The number of amides is 1. The number of Topliss-reactive ketones (excluding diaryl/α,β-unsaturated/α-hetero) is 1. The van der Waals surface area contributed by atoms with Crippen LogP contribution in [0, 0.1) is 34.2 Å². The van der Waals surface area contributed by atoms with Crippen LogP contribution >= 0.6 is 55.9 Å². The third kappa shape index (κ3) is 16.0. The molecular formula is C60H76IN3O21S3. The number of carbonyl (C=O) groups excluding carboxylic acids is 3. The van der Waals surface area contributed by atoms with Crippen LogP contribution in [0.5, 0.6) is 17.2 Å².